The van der Waals surface area contributed by atoms with Gasteiger partial charge in [-0.2, -0.15) is 5.26 Å². The van der Waals surface area contributed by atoms with Gasteiger partial charge >= 0.3 is 0 Å². The van der Waals surface area contributed by atoms with Gasteiger partial charge in [0.2, 0.25) is 0 Å². The Morgan fingerprint density at radius 1 is 0.962 bits per heavy atom. The molecule has 2 aromatic rings. The van der Waals surface area contributed by atoms with Crippen LogP contribution in [0.1, 0.15) is 50.7 Å². The van der Waals surface area contributed by atoms with E-state index in [1.807, 2.05) is 36.4 Å². The first-order chi connectivity index (χ1) is 12.6. The molecular weight excluding hydrogens is 320 g/mol. The van der Waals surface area contributed by atoms with Gasteiger partial charge in [0.25, 0.3) is 0 Å². The van der Waals surface area contributed by atoms with Gasteiger partial charge in [-0.3, -0.25) is 0 Å². The Morgan fingerprint density at radius 2 is 1.50 bits per heavy atom. The maximum Gasteiger partial charge on any atom is 0.200 e. The molecule has 0 radical (unpaired) electrons. The highest BCUT2D eigenvalue weighted by atomic mass is 16.5. The molecule has 3 heteroatoms. The van der Waals surface area contributed by atoms with Crippen LogP contribution in [0.5, 0.6) is 0 Å². The first-order valence-corrected chi connectivity index (χ1v) is 9.30. The monoisotopic (exact) mass is 346 g/mol. The molecule has 0 fully saturated rings. The lowest BCUT2D eigenvalue weighted by Gasteiger charge is -2.43. The van der Waals surface area contributed by atoms with E-state index in [1.165, 1.54) is 0 Å². The molecule has 1 aliphatic heterocycles. The topological polar surface area (TPSA) is 59.0 Å². The summed E-state index contributed by atoms with van der Waals surface area (Å²) in [5.74, 6) is 0.249. The third-order valence-corrected chi connectivity index (χ3v) is 5.53. The van der Waals surface area contributed by atoms with E-state index >= 15 is 0 Å². The van der Waals surface area contributed by atoms with Crippen LogP contribution in [0.4, 0.5) is 0 Å². The maximum atomic E-state index is 10.0. The van der Waals surface area contributed by atoms with E-state index in [1.54, 1.807) is 0 Å². The molecule has 0 aliphatic carbocycles. The molecule has 0 saturated carbocycles. The molecular formula is C23H26N2O. The summed E-state index contributed by atoms with van der Waals surface area (Å²) >= 11 is 0. The highest BCUT2D eigenvalue weighted by Gasteiger charge is 2.60. The van der Waals surface area contributed by atoms with Gasteiger partial charge in [-0.15, -0.1) is 0 Å². The Morgan fingerprint density at radius 3 is 1.96 bits per heavy atom. The van der Waals surface area contributed by atoms with Crippen molar-refractivity contribution in [3.05, 3.63) is 83.2 Å². The van der Waals surface area contributed by atoms with Crippen LogP contribution in [0.15, 0.2) is 72.1 Å². The molecule has 1 unspecified atom stereocenters. The molecule has 0 aromatic heterocycles. The van der Waals surface area contributed by atoms with Crippen LogP contribution in [0, 0.1) is 11.3 Å². The Hall–Kier alpha value is -2.73. The molecule has 26 heavy (non-hydrogen) atoms. The Bertz CT molecular complexity index is 781. The quantitative estimate of drug-likeness (QED) is 0.746. The lowest BCUT2D eigenvalue weighted by molar-refractivity contribution is -0.00448. The fourth-order valence-electron chi connectivity index (χ4n) is 4.35. The number of nitrogens with two attached hydrogens (primary N) is 1. The van der Waals surface area contributed by atoms with Crippen LogP contribution < -0.4 is 5.73 Å². The molecule has 0 spiro atoms. The molecule has 3 nitrogen and oxygen atoms in total. The van der Waals surface area contributed by atoms with Crippen LogP contribution in [-0.2, 0) is 10.2 Å². The Balaban J connectivity index is 2.28. The molecule has 0 bridgehead atoms. The normalized spacial score (nSPS) is 21.3. The second kappa shape index (κ2) is 7.25. The smallest absolute Gasteiger partial charge is 0.200 e. The van der Waals surface area contributed by atoms with E-state index in [-0.39, 0.29) is 5.88 Å². The van der Waals surface area contributed by atoms with Crippen LogP contribution in [0.2, 0.25) is 0 Å². The summed E-state index contributed by atoms with van der Waals surface area (Å²) in [7, 11) is 0. The standard InChI is InChI=1S/C23H26N2O/c1-3-4-11-16-22(2)23(18-12-7-5-8-13-18,19-14-9-6-10-15-19)20(17-24)21(25)26-22/h5-10,12-15H,3-4,11,16,25H2,1-2H3. The largest absolute Gasteiger partial charge is 0.471 e. The fourth-order valence-corrected chi connectivity index (χ4v) is 4.35. The number of nitrogens with zero attached hydrogens (tertiary/aromatic N) is 1. The molecule has 3 rings (SSSR count). The summed E-state index contributed by atoms with van der Waals surface area (Å²) in [6, 6.07) is 22.7. The fraction of sp³-hybridized carbons (Fsp3) is 0.348. The second-order valence-electron chi connectivity index (χ2n) is 7.12. The van der Waals surface area contributed by atoms with Gasteiger partial charge in [0.1, 0.15) is 17.2 Å². The van der Waals surface area contributed by atoms with E-state index in [4.69, 9.17) is 10.5 Å². The molecule has 1 aliphatic rings. The highest BCUT2D eigenvalue weighted by molar-refractivity contribution is 5.59. The molecule has 1 heterocycles. The van der Waals surface area contributed by atoms with Gasteiger partial charge in [-0.05, 0) is 30.9 Å². The summed E-state index contributed by atoms with van der Waals surface area (Å²) in [6.45, 7) is 4.28. The number of ether oxygens (including phenoxy) is 1. The molecule has 0 saturated heterocycles. The minimum absolute atomic E-state index is 0.249. The van der Waals surface area contributed by atoms with Crippen LogP contribution in [0.25, 0.3) is 0 Å². The summed E-state index contributed by atoms with van der Waals surface area (Å²) in [6.07, 6.45) is 4.12. The zero-order valence-corrected chi connectivity index (χ0v) is 15.5. The first-order valence-electron chi connectivity index (χ1n) is 9.30. The number of benzene rings is 2. The van der Waals surface area contributed by atoms with Crippen molar-refractivity contribution in [1.29, 1.82) is 5.26 Å². The summed E-state index contributed by atoms with van der Waals surface area (Å²) in [5, 5.41) is 10.0. The van der Waals surface area contributed by atoms with Crippen molar-refractivity contribution in [1.82, 2.24) is 0 Å². The van der Waals surface area contributed by atoms with E-state index in [2.05, 4.69) is 44.2 Å². The molecule has 0 amide bonds. The van der Waals surface area contributed by atoms with Gasteiger partial charge < -0.3 is 10.5 Å². The van der Waals surface area contributed by atoms with Gasteiger partial charge in [-0.25, -0.2) is 0 Å². The second-order valence-corrected chi connectivity index (χ2v) is 7.12. The van der Waals surface area contributed by atoms with Gasteiger partial charge in [0.15, 0.2) is 5.88 Å². The summed E-state index contributed by atoms with van der Waals surface area (Å²) in [5.41, 5.74) is 7.53. The molecule has 134 valence electrons. The van der Waals surface area contributed by atoms with Crippen LogP contribution in [-0.4, -0.2) is 5.60 Å². The molecule has 2 aromatic carbocycles. The lowest BCUT2D eigenvalue weighted by Crippen LogP contribution is -2.49. The molecule has 2 N–H and O–H groups in total. The van der Waals surface area contributed by atoms with E-state index in [0.29, 0.717) is 5.57 Å². The van der Waals surface area contributed by atoms with Crippen molar-refractivity contribution in [2.24, 2.45) is 5.73 Å². The van der Waals surface area contributed by atoms with Crippen molar-refractivity contribution in [2.45, 2.75) is 50.5 Å². The number of nitriles is 1. The average Bonchev–Trinajstić information content (AvgIpc) is 2.90. The van der Waals surface area contributed by atoms with Crippen molar-refractivity contribution >= 4 is 0 Å². The van der Waals surface area contributed by atoms with E-state index in [9.17, 15) is 5.26 Å². The van der Waals surface area contributed by atoms with Crippen molar-refractivity contribution in [3.63, 3.8) is 0 Å². The SMILES string of the molecule is CCCCCC1(C)OC(N)=C(C#N)C1(c1ccccc1)c1ccccc1. The summed E-state index contributed by atoms with van der Waals surface area (Å²) < 4.78 is 6.26. The van der Waals surface area contributed by atoms with Gasteiger partial charge in [0.05, 0.1) is 5.41 Å². The van der Waals surface area contributed by atoms with Crippen molar-refractivity contribution in [2.75, 3.05) is 0 Å². The zero-order chi connectivity index (χ0) is 18.6. The van der Waals surface area contributed by atoms with Crippen molar-refractivity contribution < 1.29 is 4.74 Å². The minimum Gasteiger partial charge on any atom is -0.471 e. The van der Waals surface area contributed by atoms with Crippen LogP contribution >= 0.6 is 0 Å². The predicted octanol–water partition coefficient (Wildman–Crippen LogP) is 5.04. The predicted molar refractivity (Wildman–Crippen MR) is 104 cm³/mol. The number of unbranched alkanes of at least 4 members (excludes halogenated alkanes) is 2. The zero-order valence-electron chi connectivity index (χ0n) is 15.5. The average molecular weight is 346 g/mol. The number of rotatable bonds is 6. The molecule has 1 atom stereocenters. The number of hydrogen-bond acceptors (Lipinski definition) is 3. The Labute approximate surface area is 156 Å². The number of hydrogen-bond donors (Lipinski definition) is 1. The lowest BCUT2D eigenvalue weighted by atomic mass is 9.59. The van der Waals surface area contributed by atoms with E-state index < -0.39 is 11.0 Å². The first kappa shape index (κ1) is 18.1. The third kappa shape index (κ3) is 2.66. The minimum atomic E-state index is -0.706. The van der Waals surface area contributed by atoms with Crippen LogP contribution in [0.3, 0.4) is 0 Å². The maximum absolute atomic E-state index is 10.0. The van der Waals surface area contributed by atoms with Gasteiger partial charge in [-0.1, -0.05) is 80.4 Å². The Kier molecular flexibility index (Phi) is 5.04. The highest BCUT2D eigenvalue weighted by Crippen LogP contribution is 2.56. The van der Waals surface area contributed by atoms with Gasteiger partial charge in [0, 0.05) is 0 Å². The van der Waals surface area contributed by atoms with E-state index in [0.717, 1.165) is 36.8 Å². The third-order valence-electron chi connectivity index (χ3n) is 5.53. The summed E-state index contributed by atoms with van der Waals surface area (Å²) in [4.78, 5) is 0. The van der Waals surface area contributed by atoms with Crippen molar-refractivity contribution in [3.8, 4) is 6.07 Å².